The van der Waals surface area contributed by atoms with Crippen LogP contribution in [0.3, 0.4) is 0 Å². The van der Waals surface area contributed by atoms with Gasteiger partial charge < -0.3 is 20.9 Å². The summed E-state index contributed by atoms with van der Waals surface area (Å²) >= 11 is 0. The number of nitrogens with zero attached hydrogens (tertiary/aromatic N) is 1. The van der Waals surface area contributed by atoms with Crippen LogP contribution < -0.4 is 20.9 Å². The Balaban J connectivity index is 1.56. The molecule has 0 unspecified atom stereocenters. The summed E-state index contributed by atoms with van der Waals surface area (Å²) in [6.45, 7) is 7.89. The molecular weight excluding hydrogens is 412 g/mol. The van der Waals surface area contributed by atoms with Crippen molar-refractivity contribution in [2.24, 2.45) is 0 Å². The molecule has 0 atom stereocenters. The van der Waals surface area contributed by atoms with Gasteiger partial charge in [0.1, 0.15) is 0 Å². The van der Waals surface area contributed by atoms with Crippen molar-refractivity contribution in [3.05, 3.63) is 82.9 Å². The molecule has 1 heterocycles. The number of aryl methyl sites for hydroxylation is 2. The van der Waals surface area contributed by atoms with Crippen LogP contribution in [-0.2, 0) is 0 Å². The Labute approximate surface area is 195 Å². The lowest BCUT2D eigenvalue weighted by atomic mass is 10.1. The van der Waals surface area contributed by atoms with Crippen molar-refractivity contribution in [1.82, 2.24) is 0 Å². The molecule has 0 saturated carbocycles. The van der Waals surface area contributed by atoms with Gasteiger partial charge in [0.25, 0.3) is 5.91 Å². The van der Waals surface area contributed by atoms with Crippen LogP contribution in [-0.4, -0.2) is 25.0 Å². The molecule has 1 aliphatic heterocycles. The zero-order valence-electron chi connectivity index (χ0n) is 19.4. The van der Waals surface area contributed by atoms with Crippen LogP contribution in [0.5, 0.6) is 0 Å². The fourth-order valence-corrected chi connectivity index (χ4v) is 4.02. The molecule has 3 amide bonds. The van der Waals surface area contributed by atoms with Gasteiger partial charge in [-0.3, -0.25) is 4.79 Å². The van der Waals surface area contributed by atoms with Crippen LogP contribution in [0.25, 0.3) is 0 Å². The number of amides is 3. The number of carbonyl (C=O) groups excluding carboxylic acids is 2. The number of urea groups is 1. The molecular formula is C27H30N4O2. The molecule has 0 spiro atoms. The maximum absolute atomic E-state index is 12.9. The van der Waals surface area contributed by atoms with Crippen LogP contribution >= 0.6 is 0 Å². The van der Waals surface area contributed by atoms with Crippen molar-refractivity contribution in [2.75, 3.05) is 33.9 Å². The molecule has 6 heteroatoms. The molecule has 0 bridgehead atoms. The van der Waals surface area contributed by atoms with Gasteiger partial charge in [-0.15, -0.1) is 0 Å². The molecule has 4 rings (SSSR count). The summed E-state index contributed by atoms with van der Waals surface area (Å²) in [7, 11) is 0. The average molecular weight is 443 g/mol. The maximum atomic E-state index is 12.9. The zero-order valence-corrected chi connectivity index (χ0v) is 19.4. The van der Waals surface area contributed by atoms with Gasteiger partial charge in [0.05, 0.1) is 11.4 Å². The topological polar surface area (TPSA) is 73.5 Å². The minimum Gasteiger partial charge on any atom is -0.370 e. The first-order valence-electron chi connectivity index (χ1n) is 11.3. The zero-order chi connectivity index (χ0) is 23.4. The lowest BCUT2D eigenvalue weighted by molar-refractivity contribution is 0.102. The van der Waals surface area contributed by atoms with Crippen LogP contribution in [0.15, 0.2) is 60.7 Å². The van der Waals surface area contributed by atoms with Crippen LogP contribution in [0.4, 0.5) is 27.5 Å². The van der Waals surface area contributed by atoms with Crippen molar-refractivity contribution in [2.45, 2.75) is 33.6 Å². The van der Waals surface area contributed by atoms with E-state index in [1.165, 1.54) is 0 Å². The second-order valence-corrected chi connectivity index (χ2v) is 8.57. The summed E-state index contributed by atoms with van der Waals surface area (Å²) in [4.78, 5) is 27.8. The molecule has 0 aliphatic carbocycles. The third-order valence-corrected chi connectivity index (χ3v) is 6.12. The Kier molecular flexibility index (Phi) is 6.63. The molecule has 0 aromatic heterocycles. The van der Waals surface area contributed by atoms with E-state index in [1.807, 2.05) is 69.3 Å². The van der Waals surface area contributed by atoms with Crippen LogP contribution in [0.2, 0.25) is 0 Å². The normalized spacial score (nSPS) is 13.0. The molecule has 1 aliphatic rings. The molecule has 170 valence electrons. The Morgan fingerprint density at radius 3 is 2.21 bits per heavy atom. The lowest BCUT2D eigenvalue weighted by Crippen LogP contribution is -2.24. The first-order valence-corrected chi connectivity index (χ1v) is 11.3. The molecule has 0 radical (unpaired) electrons. The van der Waals surface area contributed by atoms with E-state index in [0.29, 0.717) is 16.9 Å². The van der Waals surface area contributed by atoms with Crippen molar-refractivity contribution >= 4 is 34.7 Å². The Morgan fingerprint density at radius 1 is 0.788 bits per heavy atom. The number of anilines is 4. The quantitative estimate of drug-likeness (QED) is 0.446. The van der Waals surface area contributed by atoms with E-state index in [0.717, 1.165) is 54.0 Å². The first-order chi connectivity index (χ1) is 15.9. The van der Waals surface area contributed by atoms with E-state index < -0.39 is 0 Å². The summed E-state index contributed by atoms with van der Waals surface area (Å²) < 4.78 is 0. The number of nitrogens with one attached hydrogen (secondary N) is 3. The van der Waals surface area contributed by atoms with Crippen molar-refractivity contribution in [3.63, 3.8) is 0 Å². The minimum absolute atomic E-state index is 0.185. The van der Waals surface area contributed by atoms with E-state index in [4.69, 9.17) is 0 Å². The predicted molar refractivity (Wildman–Crippen MR) is 136 cm³/mol. The van der Waals surface area contributed by atoms with Gasteiger partial charge in [-0.1, -0.05) is 29.8 Å². The molecule has 3 N–H and O–H groups in total. The van der Waals surface area contributed by atoms with E-state index in [9.17, 15) is 9.59 Å². The number of hydrogen-bond acceptors (Lipinski definition) is 3. The molecule has 33 heavy (non-hydrogen) atoms. The second-order valence-electron chi connectivity index (χ2n) is 8.57. The maximum Gasteiger partial charge on any atom is 0.323 e. The summed E-state index contributed by atoms with van der Waals surface area (Å²) in [6, 6.07) is 18.6. The molecule has 6 nitrogen and oxygen atoms in total. The Hall–Kier alpha value is -3.80. The first kappa shape index (κ1) is 22.4. The fraction of sp³-hybridized carbons (Fsp3) is 0.259. The lowest BCUT2D eigenvalue weighted by Gasteiger charge is -2.23. The number of rotatable bonds is 5. The molecule has 1 fully saturated rings. The predicted octanol–water partition coefficient (Wildman–Crippen LogP) is 6.11. The SMILES string of the molecule is Cc1ccc(C(=O)Nc2ccc(N3CCCC3)c(NC(=O)Nc3cccc(C)c3C)c2)cc1. The van der Waals surface area contributed by atoms with Gasteiger partial charge in [-0.25, -0.2) is 4.79 Å². The number of benzene rings is 3. The Morgan fingerprint density at radius 2 is 1.48 bits per heavy atom. The smallest absolute Gasteiger partial charge is 0.323 e. The summed E-state index contributed by atoms with van der Waals surface area (Å²) in [5.74, 6) is -0.185. The molecule has 3 aromatic carbocycles. The highest BCUT2D eigenvalue weighted by molar-refractivity contribution is 6.06. The van der Waals surface area contributed by atoms with E-state index in [1.54, 1.807) is 12.1 Å². The molecule has 1 saturated heterocycles. The highest BCUT2D eigenvalue weighted by atomic mass is 16.2. The third-order valence-electron chi connectivity index (χ3n) is 6.12. The average Bonchev–Trinajstić information content (AvgIpc) is 3.32. The van der Waals surface area contributed by atoms with Gasteiger partial charge in [0.15, 0.2) is 0 Å². The van der Waals surface area contributed by atoms with Crippen LogP contribution in [0.1, 0.15) is 39.9 Å². The fourth-order valence-electron chi connectivity index (χ4n) is 4.02. The van der Waals surface area contributed by atoms with Gasteiger partial charge in [-0.05, 0) is 81.1 Å². The van der Waals surface area contributed by atoms with E-state index in [-0.39, 0.29) is 11.9 Å². The van der Waals surface area contributed by atoms with Crippen LogP contribution in [0, 0.1) is 20.8 Å². The highest BCUT2D eigenvalue weighted by Gasteiger charge is 2.18. The van der Waals surface area contributed by atoms with Crippen molar-refractivity contribution in [3.8, 4) is 0 Å². The largest absolute Gasteiger partial charge is 0.370 e. The van der Waals surface area contributed by atoms with E-state index >= 15 is 0 Å². The Bertz CT molecular complexity index is 1170. The standard InChI is InChI=1S/C27H30N4O2/c1-18-9-11-21(12-10-18)26(32)28-22-13-14-25(31-15-4-5-16-31)24(17-22)30-27(33)29-23-8-6-7-19(2)20(23)3/h6-14,17H,4-5,15-16H2,1-3H3,(H,28,32)(H2,29,30,33). The second kappa shape index (κ2) is 9.77. The van der Waals surface area contributed by atoms with Gasteiger partial charge >= 0.3 is 6.03 Å². The summed E-state index contributed by atoms with van der Waals surface area (Å²) in [5, 5.41) is 8.90. The van der Waals surface area contributed by atoms with Gasteiger partial charge in [-0.2, -0.15) is 0 Å². The minimum atomic E-state index is -0.314. The van der Waals surface area contributed by atoms with Crippen molar-refractivity contribution in [1.29, 1.82) is 0 Å². The van der Waals surface area contributed by atoms with Gasteiger partial charge in [0, 0.05) is 30.0 Å². The summed E-state index contributed by atoms with van der Waals surface area (Å²) in [5.41, 5.74) is 6.87. The van der Waals surface area contributed by atoms with E-state index in [2.05, 4.69) is 20.9 Å². The third kappa shape index (κ3) is 5.34. The highest BCUT2D eigenvalue weighted by Crippen LogP contribution is 2.32. The summed E-state index contributed by atoms with van der Waals surface area (Å²) in [6.07, 6.45) is 2.25. The van der Waals surface area contributed by atoms with Crippen molar-refractivity contribution < 1.29 is 9.59 Å². The number of carbonyl (C=O) groups is 2. The number of hydrogen-bond donors (Lipinski definition) is 3. The monoisotopic (exact) mass is 442 g/mol. The van der Waals surface area contributed by atoms with Gasteiger partial charge in [0.2, 0.25) is 0 Å². The molecule has 3 aromatic rings.